The number of piperidine rings is 1. The van der Waals surface area contributed by atoms with Crippen LogP contribution in [0.5, 0.6) is 5.75 Å². The van der Waals surface area contributed by atoms with Gasteiger partial charge in [0.05, 0.1) is 6.61 Å². The van der Waals surface area contributed by atoms with Crippen molar-refractivity contribution < 1.29 is 4.74 Å². The van der Waals surface area contributed by atoms with Gasteiger partial charge in [0.15, 0.2) is 0 Å². The molecule has 2 nitrogen and oxygen atoms in total. The summed E-state index contributed by atoms with van der Waals surface area (Å²) in [5.41, 5.74) is 2.70. The molecule has 124 valence electrons. The van der Waals surface area contributed by atoms with Gasteiger partial charge in [-0.3, -0.25) is 0 Å². The van der Waals surface area contributed by atoms with Gasteiger partial charge in [0.25, 0.3) is 0 Å². The molecule has 2 heteroatoms. The number of hydrogen-bond donors (Lipinski definition) is 0. The van der Waals surface area contributed by atoms with E-state index in [1.54, 1.807) is 0 Å². The van der Waals surface area contributed by atoms with Crippen molar-refractivity contribution in [2.75, 3.05) is 26.2 Å². The minimum absolute atomic E-state index is 0.510. The molecule has 0 atom stereocenters. The zero-order valence-electron chi connectivity index (χ0n) is 14.9. The number of nitrogens with zero attached hydrogens (tertiary/aromatic N) is 1. The maximum absolute atomic E-state index is 6.26. The largest absolute Gasteiger partial charge is 0.493 e. The molecule has 0 saturated carbocycles. The van der Waals surface area contributed by atoms with E-state index in [1.807, 2.05) is 0 Å². The fraction of sp³-hybridized carbons (Fsp3) is 0.700. The second-order valence-corrected chi connectivity index (χ2v) is 7.18. The minimum atomic E-state index is 0.510. The fourth-order valence-corrected chi connectivity index (χ4v) is 3.29. The molecule has 0 amide bonds. The summed E-state index contributed by atoms with van der Waals surface area (Å²) in [6, 6.07) is 6.61. The molecule has 0 N–H and O–H groups in total. The number of rotatable bonds is 7. The van der Waals surface area contributed by atoms with Gasteiger partial charge in [-0.05, 0) is 55.3 Å². The van der Waals surface area contributed by atoms with Crippen LogP contribution in [0.2, 0.25) is 0 Å². The Morgan fingerprint density at radius 2 is 1.55 bits per heavy atom. The highest BCUT2D eigenvalue weighted by molar-refractivity contribution is 5.44. The highest BCUT2D eigenvalue weighted by atomic mass is 16.5. The molecule has 1 aromatic carbocycles. The molecular weight excluding hydrogens is 270 g/mol. The molecule has 22 heavy (non-hydrogen) atoms. The molecule has 0 bridgehead atoms. The summed E-state index contributed by atoms with van der Waals surface area (Å²) in [6.45, 7) is 13.6. The second-order valence-electron chi connectivity index (χ2n) is 7.18. The van der Waals surface area contributed by atoms with Crippen LogP contribution in [0.25, 0.3) is 0 Å². The topological polar surface area (TPSA) is 12.5 Å². The Labute approximate surface area is 136 Å². The van der Waals surface area contributed by atoms with Crippen LogP contribution in [0.3, 0.4) is 0 Å². The maximum Gasteiger partial charge on any atom is 0.126 e. The zero-order valence-corrected chi connectivity index (χ0v) is 14.9. The molecule has 1 fully saturated rings. The zero-order chi connectivity index (χ0) is 15.9. The third-order valence-electron chi connectivity index (χ3n) is 4.63. The quantitative estimate of drug-likeness (QED) is 0.643. The van der Waals surface area contributed by atoms with Crippen LogP contribution >= 0.6 is 0 Å². The Bertz CT molecular complexity index is 421. The van der Waals surface area contributed by atoms with Crippen LogP contribution in [0, 0.1) is 0 Å². The first-order valence-corrected chi connectivity index (χ1v) is 9.07. The molecular formula is C20H33NO. The van der Waals surface area contributed by atoms with Crippen molar-refractivity contribution in [1.82, 2.24) is 4.90 Å². The van der Waals surface area contributed by atoms with E-state index in [0.717, 1.165) is 18.8 Å². The molecule has 1 aliphatic rings. The van der Waals surface area contributed by atoms with Gasteiger partial charge in [0, 0.05) is 6.54 Å². The SMILES string of the molecule is CC(C)c1cccc(C(C)C)c1OCCCN1CCCCC1. The van der Waals surface area contributed by atoms with E-state index >= 15 is 0 Å². The molecule has 1 saturated heterocycles. The lowest BCUT2D eigenvalue weighted by Gasteiger charge is -2.26. The molecule has 1 aromatic rings. The number of para-hydroxylation sites is 1. The van der Waals surface area contributed by atoms with E-state index in [4.69, 9.17) is 4.74 Å². The summed E-state index contributed by atoms with van der Waals surface area (Å²) < 4.78 is 6.26. The number of hydrogen-bond acceptors (Lipinski definition) is 2. The van der Waals surface area contributed by atoms with E-state index in [2.05, 4.69) is 50.8 Å². The van der Waals surface area contributed by atoms with Crippen molar-refractivity contribution in [3.8, 4) is 5.75 Å². The molecule has 1 aliphatic heterocycles. The maximum atomic E-state index is 6.26. The van der Waals surface area contributed by atoms with Crippen molar-refractivity contribution in [3.05, 3.63) is 29.3 Å². The Balaban J connectivity index is 1.92. The van der Waals surface area contributed by atoms with E-state index in [0.29, 0.717) is 11.8 Å². The Morgan fingerprint density at radius 3 is 2.09 bits per heavy atom. The van der Waals surface area contributed by atoms with E-state index in [1.165, 1.54) is 50.0 Å². The van der Waals surface area contributed by atoms with Crippen LogP contribution in [0.1, 0.15) is 76.3 Å². The molecule has 0 aromatic heterocycles. The second kappa shape index (κ2) is 8.57. The van der Waals surface area contributed by atoms with Gasteiger partial charge in [0.1, 0.15) is 5.75 Å². The van der Waals surface area contributed by atoms with Gasteiger partial charge in [0.2, 0.25) is 0 Å². The lowest BCUT2D eigenvalue weighted by atomic mass is 9.94. The van der Waals surface area contributed by atoms with E-state index < -0.39 is 0 Å². The van der Waals surface area contributed by atoms with Gasteiger partial charge in [-0.2, -0.15) is 0 Å². The van der Waals surface area contributed by atoms with Gasteiger partial charge in [-0.25, -0.2) is 0 Å². The number of benzene rings is 1. The van der Waals surface area contributed by atoms with E-state index in [-0.39, 0.29) is 0 Å². The minimum Gasteiger partial charge on any atom is -0.493 e. The standard InChI is InChI=1S/C20H33NO/c1-16(2)18-10-8-11-19(17(3)4)20(18)22-15-9-14-21-12-6-5-7-13-21/h8,10-11,16-17H,5-7,9,12-15H2,1-4H3. The third kappa shape index (κ3) is 4.74. The smallest absolute Gasteiger partial charge is 0.126 e. The monoisotopic (exact) mass is 303 g/mol. The Hall–Kier alpha value is -1.02. The fourth-order valence-electron chi connectivity index (χ4n) is 3.29. The summed E-state index contributed by atoms with van der Waals surface area (Å²) >= 11 is 0. The van der Waals surface area contributed by atoms with Crippen LogP contribution in [-0.2, 0) is 0 Å². The van der Waals surface area contributed by atoms with Gasteiger partial charge < -0.3 is 9.64 Å². The van der Waals surface area contributed by atoms with Gasteiger partial charge >= 0.3 is 0 Å². The predicted molar refractivity (Wildman–Crippen MR) is 95.0 cm³/mol. The molecule has 2 rings (SSSR count). The highest BCUT2D eigenvalue weighted by Gasteiger charge is 2.15. The first-order valence-electron chi connectivity index (χ1n) is 9.07. The number of ether oxygens (including phenoxy) is 1. The van der Waals surface area contributed by atoms with Crippen molar-refractivity contribution in [3.63, 3.8) is 0 Å². The van der Waals surface area contributed by atoms with Gasteiger partial charge in [-0.1, -0.05) is 52.3 Å². The Kier molecular flexibility index (Phi) is 6.75. The summed E-state index contributed by atoms with van der Waals surface area (Å²) in [4.78, 5) is 2.59. The third-order valence-corrected chi connectivity index (χ3v) is 4.63. The molecule has 0 radical (unpaired) electrons. The highest BCUT2D eigenvalue weighted by Crippen LogP contribution is 2.34. The van der Waals surface area contributed by atoms with Crippen LogP contribution < -0.4 is 4.74 Å². The normalized spacial score (nSPS) is 16.5. The molecule has 0 unspecified atom stereocenters. The molecule has 0 spiro atoms. The first-order chi connectivity index (χ1) is 10.6. The Morgan fingerprint density at radius 1 is 0.955 bits per heavy atom. The summed E-state index contributed by atoms with van der Waals surface area (Å²) in [6.07, 6.45) is 5.28. The lowest BCUT2D eigenvalue weighted by Crippen LogP contribution is -2.31. The van der Waals surface area contributed by atoms with Gasteiger partial charge in [-0.15, -0.1) is 0 Å². The summed E-state index contributed by atoms with van der Waals surface area (Å²) in [7, 11) is 0. The summed E-state index contributed by atoms with van der Waals surface area (Å²) in [5.74, 6) is 2.16. The van der Waals surface area contributed by atoms with Crippen LogP contribution in [0.4, 0.5) is 0 Å². The molecule has 1 heterocycles. The average molecular weight is 303 g/mol. The number of likely N-dealkylation sites (tertiary alicyclic amines) is 1. The molecule has 0 aliphatic carbocycles. The van der Waals surface area contributed by atoms with Crippen molar-refractivity contribution in [2.45, 2.75) is 65.2 Å². The lowest BCUT2D eigenvalue weighted by molar-refractivity contribution is 0.204. The van der Waals surface area contributed by atoms with E-state index in [9.17, 15) is 0 Å². The van der Waals surface area contributed by atoms with Crippen LogP contribution in [0.15, 0.2) is 18.2 Å². The first kappa shape index (κ1) is 17.3. The summed E-state index contributed by atoms with van der Waals surface area (Å²) in [5, 5.41) is 0. The van der Waals surface area contributed by atoms with Crippen molar-refractivity contribution in [2.24, 2.45) is 0 Å². The average Bonchev–Trinajstić information content (AvgIpc) is 2.52. The van der Waals surface area contributed by atoms with Crippen LogP contribution in [-0.4, -0.2) is 31.1 Å². The predicted octanol–water partition coefficient (Wildman–Crippen LogP) is 5.19. The van der Waals surface area contributed by atoms with Crippen molar-refractivity contribution in [1.29, 1.82) is 0 Å². The van der Waals surface area contributed by atoms with Crippen molar-refractivity contribution >= 4 is 0 Å².